The minimum absolute atomic E-state index is 0.480. The summed E-state index contributed by atoms with van der Waals surface area (Å²) in [5, 5.41) is 3.27. The molecule has 1 fully saturated rings. The Morgan fingerprint density at radius 2 is 2.20 bits per heavy atom. The molecule has 3 N–H and O–H groups in total. The fraction of sp³-hybridized carbons (Fsp3) is 0.600. The number of hydrogen-bond acceptors (Lipinski definition) is 5. The lowest BCUT2D eigenvalue weighted by molar-refractivity contribution is 0.327. The number of rotatable bonds is 4. The summed E-state index contributed by atoms with van der Waals surface area (Å²) in [6, 6.07) is 0.524. The number of nitrogens with two attached hydrogens (primary N) is 1. The van der Waals surface area contributed by atoms with Crippen molar-refractivity contribution in [1.29, 1.82) is 0 Å². The lowest BCUT2D eigenvalue weighted by atomic mass is 10.4. The van der Waals surface area contributed by atoms with Crippen LogP contribution in [-0.2, 0) is 0 Å². The maximum atomic E-state index is 5.90. The quantitative estimate of drug-likeness (QED) is 0.781. The number of aromatic nitrogens is 2. The van der Waals surface area contributed by atoms with Gasteiger partial charge in [0, 0.05) is 6.04 Å². The number of anilines is 2. The Labute approximate surface area is 89.1 Å². The molecule has 2 rings (SSSR count). The summed E-state index contributed by atoms with van der Waals surface area (Å²) < 4.78 is 5.34. The van der Waals surface area contributed by atoms with E-state index in [0.717, 1.165) is 0 Å². The first-order valence-electron chi connectivity index (χ1n) is 5.24. The van der Waals surface area contributed by atoms with Gasteiger partial charge in [0.25, 0.3) is 0 Å². The minimum Gasteiger partial charge on any atom is -0.476 e. The van der Waals surface area contributed by atoms with Gasteiger partial charge in [-0.1, -0.05) is 0 Å². The Kier molecular flexibility index (Phi) is 2.62. The van der Waals surface area contributed by atoms with Crippen LogP contribution in [-0.4, -0.2) is 22.6 Å². The van der Waals surface area contributed by atoms with Crippen molar-refractivity contribution in [2.45, 2.75) is 32.7 Å². The molecule has 1 aliphatic rings. The average molecular weight is 208 g/mol. The molecule has 5 heteroatoms. The third-order valence-electron chi connectivity index (χ3n) is 2.22. The van der Waals surface area contributed by atoms with E-state index in [1.54, 1.807) is 0 Å². The molecule has 0 bridgehead atoms. The molecule has 0 spiro atoms. The molecular formula is C10H16N4O. The number of hydrogen-bond donors (Lipinski definition) is 2. The zero-order valence-corrected chi connectivity index (χ0v) is 9.08. The standard InChI is InChI=1S/C10H16N4O/c1-3-15-10-8(11)9(12-6(2)13-10)14-7-4-5-7/h7H,3-5,11H2,1-2H3,(H,12,13,14). The molecule has 15 heavy (non-hydrogen) atoms. The van der Waals surface area contributed by atoms with Gasteiger partial charge in [-0.2, -0.15) is 4.98 Å². The Hall–Kier alpha value is -1.52. The fourth-order valence-electron chi connectivity index (χ4n) is 1.33. The summed E-state index contributed by atoms with van der Waals surface area (Å²) in [4.78, 5) is 8.42. The molecule has 1 saturated carbocycles. The van der Waals surface area contributed by atoms with Crippen LogP contribution >= 0.6 is 0 Å². The van der Waals surface area contributed by atoms with Crippen LogP contribution in [0.1, 0.15) is 25.6 Å². The molecule has 1 aromatic rings. The maximum absolute atomic E-state index is 5.90. The van der Waals surface area contributed by atoms with Gasteiger partial charge in [0.05, 0.1) is 6.61 Å². The second kappa shape index (κ2) is 3.92. The van der Waals surface area contributed by atoms with Crippen molar-refractivity contribution >= 4 is 11.5 Å². The van der Waals surface area contributed by atoms with Crippen molar-refractivity contribution in [3.63, 3.8) is 0 Å². The van der Waals surface area contributed by atoms with Crippen molar-refractivity contribution in [1.82, 2.24) is 9.97 Å². The van der Waals surface area contributed by atoms with Crippen LogP contribution in [0.3, 0.4) is 0 Å². The van der Waals surface area contributed by atoms with E-state index in [9.17, 15) is 0 Å². The molecule has 1 aliphatic carbocycles. The highest BCUT2D eigenvalue weighted by molar-refractivity contribution is 5.67. The number of ether oxygens (including phenoxy) is 1. The van der Waals surface area contributed by atoms with E-state index in [1.165, 1.54) is 12.8 Å². The third-order valence-corrected chi connectivity index (χ3v) is 2.22. The van der Waals surface area contributed by atoms with Crippen LogP contribution in [0.25, 0.3) is 0 Å². The summed E-state index contributed by atoms with van der Waals surface area (Å²) in [6.07, 6.45) is 2.37. The molecule has 0 atom stereocenters. The summed E-state index contributed by atoms with van der Waals surface area (Å²) in [7, 11) is 0. The molecule has 82 valence electrons. The van der Waals surface area contributed by atoms with Crippen molar-refractivity contribution in [2.24, 2.45) is 0 Å². The largest absolute Gasteiger partial charge is 0.476 e. The van der Waals surface area contributed by atoms with Crippen molar-refractivity contribution in [3.05, 3.63) is 5.82 Å². The molecule has 0 saturated heterocycles. The van der Waals surface area contributed by atoms with Gasteiger partial charge in [-0.25, -0.2) is 4.98 Å². The van der Waals surface area contributed by atoms with E-state index in [4.69, 9.17) is 10.5 Å². The van der Waals surface area contributed by atoms with Crippen LogP contribution in [0.15, 0.2) is 0 Å². The monoisotopic (exact) mass is 208 g/mol. The van der Waals surface area contributed by atoms with Gasteiger partial charge in [-0.15, -0.1) is 0 Å². The molecule has 5 nitrogen and oxygen atoms in total. The highest BCUT2D eigenvalue weighted by Crippen LogP contribution is 2.30. The normalized spacial score (nSPS) is 15.1. The number of aryl methyl sites for hydroxylation is 1. The predicted molar refractivity (Wildman–Crippen MR) is 59.0 cm³/mol. The zero-order chi connectivity index (χ0) is 10.8. The third kappa shape index (κ3) is 2.29. The molecule has 1 aromatic heterocycles. The summed E-state index contributed by atoms with van der Waals surface area (Å²) in [5.41, 5.74) is 6.41. The highest BCUT2D eigenvalue weighted by atomic mass is 16.5. The van der Waals surface area contributed by atoms with Crippen LogP contribution in [0, 0.1) is 6.92 Å². The van der Waals surface area contributed by atoms with Gasteiger partial charge in [-0.05, 0) is 26.7 Å². The van der Waals surface area contributed by atoms with Crippen molar-refractivity contribution in [3.8, 4) is 5.88 Å². The molecular weight excluding hydrogens is 192 g/mol. The van der Waals surface area contributed by atoms with Gasteiger partial charge in [0.2, 0.25) is 5.88 Å². The van der Waals surface area contributed by atoms with E-state index in [0.29, 0.717) is 35.9 Å². The SMILES string of the molecule is CCOc1nc(C)nc(NC2CC2)c1N. The van der Waals surface area contributed by atoms with E-state index < -0.39 is 0 Å². The number of nitrogens with zero attached hydrogens (tertiary/aromatic N) is 2. The predicted octanol–water partition coefficient (Wildman–Crippen LogP) is 1.34. The number of nitrogens with one attached hydrogen (secondary N) is 1. The fourth-order valence-corrected chi connectivity index (χ4v) is 1.33. The Morgan fingerprint density at radius 3 is 2.80 bits per heavy atom. The van der Waals surface area contributed by atoms with Crippen LogP contribution in [0.4, 0.5) is 11.5 Å². The van der Waals surface area contributed by atoms with Crippen LogP contribution in [0.5, 0.6) is 5.88 Å². The van der Waals surface area contributed by atoms with Gasteiger partial charge < -0.3 is 15.8 Å². The minimum atomic E-state index is 0.480. The Morgan fingerprint density at radius 1 is 1.47 bits per heavy atom. The van der Waals surface area contributed by atoms with E-state index in [1.807, 2.05) is 13.8 Å². The maximum Gasteiger partial charge on any atom is 0.242 e. The van der Waals surface area contributed by atoms with E-state index in [-0.39, 0.29) is 0 Å². The first-order valence-corrected chi connectivity index (χ1v) is 5.24. The first-order chi connectivity index (χ1) is 7.20. The Balaban J connectivity index is 2.26. The van der Waals surface area contributed by atoms with Gasteiger partial charge in [0.15, 0.2) is 5.82 Å². The van der Waals surface area contributed by atoms with Gasteiger partial charge >= 0.3 is 0 Å². The van der Waals surface area contributed by atoms with E-state index >= 15 is 0 Å². The smallest absolute Gasteiger partial charge is 0.242 e. The molecule has 0 aromatic carbocycles. The van der Waals surface area contributed by atoms with Gasteiger partial charge in [0.1, 0.15) is 11.5 Å². The molecule has 0 amide bonds. The van der Waals surface area contributed by atoms with Crippen molar-refractivity contribution in [2.75, 3.05) is 17.7 Å². The number of nitrogen functional groups attached to an aromatic ring is 1. The van der Waals surface area contributed by atoms with Crippen LogP contribution < -0.4 is 15.8 Å². The summed E-state index contributed by atoms with van der Waals surface area (Å²) >= 11 is 0. The second-order valence-electron chi connectivity index (χ2n) is 3.69. The average Bonchev–Trinajstić information content (AvgIpc) is 2.97. The molecule has 0 aliphatic heterocycles. The van der Waals surface area contributed by atoms with Crippen LogP contribution in [0.2, 0.25) is 0 Å². The Bertz CT molecular complexity index is 363. The molecule has 0 unspecified atom stereocenters. The zero-order valence-electron chi connectivity index (χ0n) is 9.08. The molecule has 1 heterocycles. The summed E-state index contributed by atoms with van der Waals surface area (Å²) in [6.45, 7) is 4.30. The summed E-state index contributed by atoms with van der Waals surface area (Å²) in [5.74, 6) is 1.86. The first kappa shape index (κ1) is 10.0. The second-order valence-corrected chi connectivity index (χ2v) is 3.69. The lowest BCUT2D eigenvalue weighted by Crippen LogP contribution is -2.10. The highest BCUT2D eigenvalue weighted by Gasteiger charge is 2.23. The lowest BCUT2D eigenvalue weighted by Gasteiger charge is -2.11. The molecule has 0 radical (unpaired) electrons. The topological polar surface area (TPSA) is 73.1 Å². The van der Waals surface area contributed by atoms with Crippen molar-refractivity contribution < 1.29 is 4.74 Å². The van der Waals surface area contributed by atoms with E-state index in [2.05, 4.69) is 15.3 Å². The van der Waals surface area contributed by atoms with Gasteiger partial charge in [-0.3, -0.25) is 0 Å².